The van der Waals surface area contributed by atoms with Crippen molar-refractivity contribution in [1.29, 1.82) is 0 Å². The minimum Gasteiger partial charge on any atom is -0.0727 e. The van der Waals surface area contributed by atoms with E-state index in [1.54, 1.807) is 0 Å². The number of hydrogen-bond donors (Lipinski definition) is 0. The molecule has 1 aliphatic carbocycles. The van der Waals surface area contributed by atoms with Crippen molar-refractivity contribution in [2.45, 2.75) is 48.2 Å². The third-order valence-corrected chi connectivity index (χ3v) is 3.67. The van der Waals surface area contributed by atoms with E-state index in [0.717, 1.165) is 0 Å². The lowest BCUT2D eigenvalue weighted by atomic mass is 10.0. The summed E-state index contributed by atoms with van der Waals surface area (Å²) in [6.07, 6.45) is 9.58. The summed E-state index contributed by atoms with van der Waals surface area (Å²) in [5.74, 6) is 0. The van der Waals surface area contributed by atoms with Gasteiger partial charge in [0.05, 0.1) is 3.23 Å². The topological polar surface area (TPSA) is 0 Å². The van der Waals surface area contributed by atoms with E-state index in [1.165, 1.54) is 44.9 Å². The van der Waals surface area contributed by atoms with Crippen LogP contribution in [0.5, 0.6) is 0 Å². The quantitative estimate of drug-likeness (QED) is 0.578. The molecule has 0 aromatic carbocycles. The predicted molar refractivity (Wildman–Crippen MR) is 52.9 cm³/mol. The summed E-state index contributed by atoms with van der Waals surface area (Å²) in [6, 6.07) is 0. The maximum absolute atomic E-state index is 3.69. The van der Waals surface area contributed by atoms with Crippen molar-refractivity contribution in [2.24, 2.45) is 0 Å². The lowest BCUT2D eigenvalue weighted by Crippen LogP contribution is -2.12. The van der Waals surface area contributed by atoms with Crippen molar-refractivity contribution in [3.05, 3.63) is 0 Å². The van der Waals surface area contributed by atoms with Gasteiger partial charge in [0.2, 0.25) is 0 Å². The second kappa shape index (κ2) is 4.10. The molecule has 2 heteroatoms. The molecule has 0 amide bonds. The van der Waals surface area contributed by atoms with Gasteiger partial charge in [-0.25, -0.2) is 0 Å². The van der Waals surface area contributed by atoms with Gasteiger partial charge in [0.15, 0.2) is 0 Å². The second-order valence-corrected chi connectivity index (χ2v) is 7.22. The molecule has 1 fully saturated rings. The van der Waals surface area contributed by atoms with Crippen LogP contribution in [0.1, 0.15) is 44.9 Å². The molecule has 0 saturated heterocycles. The standard InChI is InChI=1S/C8H14Br2/c9-8(10)6-4-2-1-3-5-7-8/h1-7H2. The van der Waals surface area contributed by atoms with Crippen molar-refractivity contribution in [3.8, 4) is 0 Å². The number of halogens is 2. The molecule has 0 N–H and O–H groups in total. The first-order valence-electron chi connectivity index (χ1n) is 4.09. The fourth-order valence-corrected chi connectivity index (χ4v) is 2.54. The van der Waals surface area contributed by atoms with E-state index in [9.17, 15) is 0 Å². The monoisotopic (exact) mass is 268 g/mol. The number of rotatable bonds is 0. The van der Waals surface area contributed by atoms with Gasteiger partial charge in [0.1, 0.15) is 0 Å². The van der Waals surface area contributed by atoms with E-state index in [1.807, 2.05) is 0 Å². The largest absolute Gasteiger partial charge is 0.0805 e. The Morgan fingerprint density at radius 2 is 1.10 bits per heavy atom. The third-order valence-electron chi connectivity index (χ3n) is 2.09. The van der Waals surface area contributed by atoms with Gasteiger partial charge in [0, 0.05) is 0 Å². The fourth-order valence-electron chi connectivity index (χ4n) is 1.42. The minimum atomic E-state index is 0.278. The molecule has 1 rings (SSSR count). The average Bonchev–Trinajstić information content (AvgIpc) is 1.81. The number of hydrogen-bond acceptors (Lipinski definition) is 0. The smallest absolute Gasteiger partial charge is 0.0727 e. The molecule has 0 radical (unpaired) electrons. The molecule has 0 heterocycles. The summed E-state index contributed by atoms with van der Waals surface area (Å²) in [7, 11) is 0. The van der Waals surface area contributed by atoms with Crippen molar-refractivity contribution < 1.29 is 0 Å². The molecule has 1 saturated carbocycles. The zero-order valence-corrected chi connectivity index (χ0v) is 9.38. The highest BCUT2D eigenvalue weighted by atomic mass is 79.9. The van der Waals surface area contributed by atoms with E-state index in [4.69, 9.17) is 0 Å². The molecule has 0 aromatic rings. The van der Waals surface area contributed by atoms with Crippen LogP contribution < -0.4 is 0 Å². The van der Waals surface area contributed by atoms with Crippen LogP contribution in [0.2, 0.25) is 0 Å². The van der Waals surface area contributed by atoms with Gasteiger partial charge in [0.25, 0.3) is 0 Å². The van der Waals surface area contributed by atoms with E-state index in [2.05, 4.69) is 31.9 Å². The summed E-state index contributed by atoms with van der Waals surface area (Å²) < 4.78 is 0.278. The van der Waals surface area contributed by atoms with Crippen LogP contribution in [0, 0.1) is 0 Å². The lowest BCUT2D eigenvalue weighted by Gasteiger charge is -2.22. The van der Waals surface area contributed by atoms with Crippen LogP contribution in [0.25, 0.3) is 0 Å². The molecular formula is C8H14Br2. The SMILES string of the molecule is BrC1(Br)CCCCCCC1. The Bertz CT molecular complexity index is 89.4. The predicted octanol–water partition coefficient (Wildman–Crippen LogP) is 4.22. The van der Waals surface area contributed by atoms with E-state index >= 15 is 0 Å². The second-order valence-electron chi connectivity index (χ2n) is 3.12. The molecule has 60 valence electrons. The average molecular weight is 270 g/mol. The van der Waals surface area contributed by atoms with Crippen LogP contribution in [-0.2, 0) is 0 Å². The Balaban J connectivity index is 2.30. The van der Waals surface area contributed by atoms with Crippen molar-refractivity contribution >= 4 is 31.9 Å². The van der Waals surface area contributed by atoms with Crippen molar-refractivity contribution in [1.82, 2.24) is 0 Å². The summed E-state index contributed by atoms with van der Waals surface area (Å²) in [5.41, 5.74) is 0. The number of alkyl halides is 2. The first-order valence-corrected chi connectivity index (χ1v) is 5.67. The normalized spacial score (nSPS) is 27.0. The van der Waals surface area contributed by atoms with Gasteiger partial charge in [-0.15, -0.1) is 0 Å². The van der Waals surface area contributed by atoms with Gasteiger partial charge < -0.3 is 0 Å². The Kier molecular flexibility index (Phi) is 3.71. The zero-order valence-electron chi connectivity index (χ0n) is 6.21. The fraction of sp³-hybridized carbons (Fsp3) is 1.00. The van der Waals surface area contributed by atoms with Gasteiger partial charge in [-0.1, -0.05) is 64.0 Å². The molecule has 10 heavy (non-hydrogen) atoms. The first-order chi connectivity index (χ1) is 4.71. The molecule has 0 aliphatic heterocycles. The van der Waals surface area contributed by atoms with E-state index < -0.39 is 0 Å². The molecule has 0 unspecified atom stereocenters. The lowest BCUT2D eigenvalue weighted by molar-refractivity contribution is 0.503. The first kappa shape index (κ1) is 9.05. The van der Waals surface area contributed by atoms with Gasteiger partial charge in [-0.05, 0) is 12.8 Å². The summed E-state index contributed by atoms with van der Waals surface area (Å²) >= 11 is 7.39. The van der Waals surface area contributed by atoms with E-state index in [-0.39, 0.29) is 3.23 Å². The van der Waals surface area contributed by atoms with E-state index in [0.29, 0.717) is 0 Å². The molecule has 0 aromatic heterocycles. The van der Waals surface area contributed by atoms with Gasteiger partial charge >= 0.3 is 0 Å². The summed E-state index contributed by atoms with van der Waals surface area (Å²) in [6.45, 7) is 0. The zero-order chi connectivity index (χ0) is 7.45. The van der Waals surface area contributed by atoms with Gasteiger partial charge in [-0.2, -0.15) is 0 Å². The van der Waals surface area contributed by atoms with Crippen molar-refractivity contribution in [2.75, 3.05) is 0 Å². The van der Waals surface area contributed by atoms with Crippen molar-refractivity contribution in [3.63, 3.8) is 0 Å². The van der Waals surface area contributed by atoms with Crippen LogP contribution in [-0.4, -0.2) is 3.23 Å². The Hall–Kier alpha value is 0.960. The molecule has 1 aliphatic rings. The Morgan fingerprint density at radius 3 is 1.60 bits per heavy atom. The maximum atomic E-state index is 3.69. The van der Waals surface area contributed by atoms with Gasteiger partial charge in [-0.3, -0.25) is 0 Å². The highest BCUT2D eigenvalue weighted by Crippen LogP contribution is 2.38. The Morgan fingerprint density at radius 1 is 0.700 bits per heavy atom. The summed E-state index contributed by atoms with van der Waals surface area (Å²) in [5, 5.41) is 0. The third kappa shape index (κ3) is 3.38. The highest BCUT2D eigenvalue weighted by Gasteiger charge is 2.22. The molecule has 0 nitrogen and oxygen atoms in total. The summed E-state index contributed by atoms with van der Waals surface area (Å²) in [4.78, 5) is 0. The van der Waals surface area contributed by atoms with Crippen LogP contribution in [0.4, 0.5) is 0 Å². The van der Waals surface area contributed by atoms with Crippen LogP contribution >= 0.6 is 31.9 Å². The molecule has 0 bridgehead atoms. The molecule has 0 spiro atoms. The highest BCUT2D eigenvalue weighted by molar-refractivity contribution is 9.25. The molecule has 0 atom stereocenters. The molecular weight excluding hydrogens is 256 g/mol. The van der Waals surface area contributed by atoms with Crippen LogP contribution in [0.3, 0.4) is 0 Å². The van der Waals surface area contributed by atoms with Crippen LogP contribution in [0.15, 0.2) is 0 Å². The Labute approximate surface area is 80.0 Å². The minimum absolute atomic E-state index is 0.278. The maximum Gasteiger partial charge on any atom is 0.0805 e.